The van der Waals surface area contributed by atoms with Crippen LogP contribution in [0.5, 0.6) is 0 Å². The third-order valence-corrected chi connectivity index (χ3v) is 10.3. The summed E-state index contributed by atoms with van der Waals surface area (Å²) in [4.78, 5) is 25.7. The molecule has 0 N–H and O–H groups in total. The molecule has 1 amide bonds. The Bertz CT molecular complexity index is 1530. The van der Waals surface area contributed by atoms with Gasteiger partial charge in [-0.3, -0.25) is 14.7 Å². The number of benzene rings is 2. The Morgan fingerprint density at radius 3 is 2.50 bits per heavy atom. The van der Waals surface area contributed by atoms with Crippen LogP contribution in [-0.4, -0.2) is 47.9 Å². The van der Waals surface area contributed by atoms with Crippen LogP contribution in [0.25, 0.3) is 10.2 Å². The molecule has 1 saturated heterocycles. The number of sulfonamides is 1. The maximum atomic E-state index is 13.8. The molecule has 0 saturated carbocycles. The van der Waals surface area contributed by atoms with E-state index in [9.17, 15) is 13.2 Å². The molecule has 10 heteroatoms. The fourth-order valence-corrected chi connectivity index (χ4v) is 8.11. The van der Waals surface area contributed by atoms with Crippen molar-refractivity contribution < 1.29 is 13.2 Å². The van der Waals surface area contributed by atoms with E-state index in [1.807, 2.05) is 30.5 Å². The molecular formula is C28H30N4O3S3. The Hall–Kier alpha value is -2.79. The zero-order valence-corrected chi connectivity index (χ0v) is 24.0. The molecule has 1 fully saturated rings. The lowest BCUT2D eigenvalue weighted by atomic mass is 9.94. The van der Waals surface area contributed by atoms with Gasteiger partial charge in [0.1, 0.15) is 0 Å². The molecule has 5 rings (SSSR count). The number of hydrogen-bond acceptors (Lipinski definition) is 7. The van der Waals surface area contributed by atoms with Crippen LogP contribution in [0.2, 0.25) is 0 Å². The monoisotopic (exact) mass is 566 g/mol. The van der Waals surface area contributed by atoms with Crippen molar-refractivity contribution in [2.45, 2.75) is 36.6 Å². The normalized spacial score (nSPS) is 18.5. The van der Waals surface area contributed by atoms with Gasteiger partial charge in [0.15, 0.2) is 5.13 Å². The standard InChI is InChI=1S/C28H30N4O3S3/c1-19-13-20(2)17-31(16-19)38(34,35)24-9-6-22(7-10-24)27(33)32(18-21-5-4-12-29-15-21)28-30-25-11-8-23(36-3)14-26(25)37-28/h4-12,14-15,19-20H,13,16-18H2,1-3H3. The summed E-state index contributed by atoms with van der Waals surface area (Å²) in [7, 11) is -3.63. The molecule has 38 heavy (non-hydrogen) atoms. The van der Waals surface area contributed by atoms with Crippen LogP contribution >= 0.6 is 23.1 Å². The second-order valence-corrected chi connectivity index (χ2v) is 13.7. The number of carbonyl (C=O) groups is 1. The van der Waals surface area contributed by atoms with Crippen molar-refractivity contribution in [2.24, 2.45) is 11.8 Å². The predicted octanol–water partition coefficient (Wildman–Crippen LogP) is 5.93. The van der Waals surface area contributed by atoms with Gasteiger partial charge in [-0.15, -0.1) is 11.8 Å². The molecular weight excluding hydrogens is 537 g/mol. The summed E-state index contributed by atoms with van der Waals surface area (Å²) >= 11 is 3.12. The smallest absolute Gasteiger partial charge is 0.260 e. The lowest BCUT2D eigenvalue weighted by Crippen LogP contribution is -2.42. The highest BCUT2D eigenvalue weighted by Gasteiger charge is 2.32. The van der Waals surface area contributed by atoms with Crippen molar-refractivity contribution in [1.82, 2.24) is 14.3 Å². The van der Waals surface area contributed by atoms with Crippen molar-refractivity contribution in [3.63, 3.8) is 0 Å². The first-order chi connectivity index (χ1) is 18.2. The molecule has 198 valence electrons. The zero-order chi connectivity index (χ0) is 26.9. The van der Waals surface area contributed by atoms with E-state index in [1.165, 1.54) is 23.5 Å². The second kappa shape index (κ2) is 11.1. The SMILES string of the molecule is CSc1ccc2nc(N(Cc3cccnc3)C(=O)c3ccc(S(=O)(=O)N4CC(C)CC(C)C4)cc3)sc2c1. The van der Waals surface area contributed by atoms with Gasteiger partial charge >= 0.3 is 0 Å². The molecule has 1 aliphatic rings. The van der Waals surface area contributed by atoms with E-state index in [0.717, 1.165) is 27.1 Å². The van der Waals surface area contributed by atoms with Crippen LogP contribution in [0.15, 0.2) is 76.8 Å². The van der Waals surface area contributed by atoms with Crippen LogP contribution in [-0.2, 0) is 16.6 Å². The number of aromatic nitrogens is 2. The van der Waals surface area contributed by atoms with Gasteiger partial charge in [-0.25, -0.2) is 13.4 Å². The van der Waals surface area contributed by atoms with E-state index in [1.54, 1.807) is 45.5 Å². The summed E-state index contributed by atoms with van der Waals surface area (Å²) in [6.07, 6.45) is 6.48. The molecule has 0 bridgehead atoms. The Morgan fingerprint density at radius 1 is 1.11 bits per heavy atom. The van der Waals surface area contributed by atoms with Gasteiger partial charge in [0.2, 0.25) is 10.0 Å². The summed E-state index contributed by atoms with van der Waals surface area (Å²) in [5.41, 5.74) is 2.10. The molecule has 2 aromatic carbocycles. The third kappa shape index (κ3) is 5.63. The van der Waals surface area contributed by atoms with E-state index >= 15 is 0 Å². The molecule has 7 nitrogen and oxygen atoms in total. The first-order valence-corrected chi connectivity index (χ1v) is 16.0. The van der Waals surface area contributed by atoms with E-state index in [4.69, 9.17) is 4.98 Å². The maximum absolute atomic E-state index is 13.8. The number of rotatable bonds is 7. The highest BCUT2D eigenvalue weighted by Crippen LogP contribution is 2.33. The van der Waals surface area contributed by atoms with Gasteiger partial charge in [-0.05, 0) is 78.6 Å². The van der Waals surface area contributed by atoms with Crippen molar-refractivity contribution in [3.05, 3.63) is 78.1 Å². The van der Waals surface area contributed by atoms with Crippen molar-refractivity contribution in [1.29, 1.82) is 0 Å². The highest BCUT2D eigenvalue weighted by atomic mass is 32.2. The minimum atomic E-state index is -3.63. The van der Waals surface area contributed by atoms with Gasteiger partial charge < -0.3 is 0 Å². The Kier molecular flexibility index (Phi) is 7.85. The average Bonchev–Trinajstić information content (AvgIpc) is 3.34. The number of thioether (sulfide) groups is 1. The number of pyridine rings is 1. The zero-order valence-electron chi connectivity index (χ0n) is 21.6. The summed E-state index contributed by atoms with van der Waals surface area (Å²) in [5, 5.41) is 0.583. The van der Waals surface area contributed by atoms with Crippen LogP contribution in [0.4, 0.5) is 5.13 Å². The predicted molar refractivity (Wildman–Crippen MR) is 154 cm³/mol. The molecule has 0 radical (unpaired) electrons. The van der Waals surface area contributed by atoms with Crippen molar-refractivity contribution in [3.8, 4) is 0 Å². The molecule has 0 aliphatic carbocycles. The number of carbonyl (C=O) groups excluding carboxylic acids is 1. The summed E-state index contributed by atoms with van der Waals surface area (Å²) in [5.74, 6) is 0.384. The summed E-state index contributed by atoms with van der Waals surface area (Å²) < 4.78 is 29.2. The number of fused-ring (bicyclic) bond motifs is 1. The lowest BCUT2D eigenvalue weighted by Gasteiger charge is -2.34. The molecule has 2 atom stereocenters. The van der Waals surface area contributed by atoms with Gasteiger partial charge in [-0.2, -0.15) is 4.31 Å². The highest BCUT2D eigenvalue weighted by molar-refractivity contribution is 7.98. The Labute approximate surface area is 232 Å². The lowest BCUT2D eigenvalue weighted by molar-refractivity contribution is 0.0985. The minimum Gasteiger partial charge on any atom is -0.279 e. The maximum Gasteiger partial charge on any atom is 0.260 e. The van der Waals surface area contributed by atoms with Gasteiger partial charge in [0.05, 0.1) is 21.7 Å². The quantitative estimate of drug-likeness (QED) is 0.258. The molecule has 2 unspecified atom stereocenters. The van der Waals surface area contributed by atoms with Crippen LogP contribution in [0.1, 0.15) is 36.2 Å². The van der Waals surface area contributed by atoms with Gasteiger partial charge in [0, 0.05) is 35.9 Å². The third-order valence-electron chi connectivity index (χ3n) is 6.70. The van der Waals surface area contributed by atoms with E-state index in [0.29, 0.717) is 42.2 Å². The number of anilines is 1. The largest absolute Gasteiger partial charge is 0.279 e. The molecule has 2 aromatic heterocycles. The van der Waals surface area contributed by atoms with E-state index in [2.05, 4.69) is 24.9 Å². The number of piperidine rings is 1. The van der Waals surface area contributed by atoms with Gasteiger partial charge in [0.25, 0.3) is 5.91 Å². The minimum absolute atomic E-state index is 0.207. The number of amides is 1. The Balaban J connectivity index is 1.45. The molecule has 0 spiro atoms. The summed E-state index contributed by atoms with van der Waals surface area (Å²) in [6, 6.07) is 16.1. The number of nitrogens with zero attached hydrogens (tertiary/aromatic N) is 4. The van der Waals surface area contributed by atoms with Crippen molar-refractivity contribution >= 4 is 54.4 Å². The summed E-state index contributed by atoms with van der Waals surface area (Å²) in [6.45, 7) is 5.50. The van der Waals surface area contributed by atoms with E-state index < -0.39 is 10.0 Å². The fourth-order valence-electron chi connectivity index (χ4n) is 4.91. The van der Waals surface area contributed by atoms with Crippen LogP contribution < -0.4 is 4.90 Å². The second-order valence-electron chi connectivity index (χ2n) is 9.88. The fraction of sp³-hybridized carbons (Fsp3) is 0.321. The first-order valence-electron chi connectivity index (χ1n) is 12.5. The van der Waals surface area contributed by atoms with E-state index in [-0.39, 0.29) is 10.8 Å². The molecule has 3 heterocycles. The van der Waals surface area contributed by atoms with Crippen LogP contribution in [0.3, 0.4) is 0 Å². The van der Waals surface area contributed by atoms with Gasteiger partial charge in [-0.1, -0.05) is 31.3 Å². The number of thiazole rings is 1. The first kappa shape index (κ1) is 26.8. The van der Waals surface area contributed by atoms with Crippen LogP contribution in [0, 0.1) is 11.8 Å². The average molecular weight is 567 g/mol. The molecule has 1 aliphatic heterocycles. The molecule has 4 aromatic rings. The van der Waals surface area contributed by atoms with Crippen molar-refractivity contribution in [2.75, 3.05) is 24.2 Å². The Morgan fingerprint density at radius 2 is 1.84 bits per heavy atom. The topological polar surface area (TPSA) is 83.5 Å². The number of hydrogen-bond donors (Lipinski definition) is 0.